The highest BCUT2D eigenvalue weighted by atomic mass is 16.5. The van der Waals surface area contributed by atoms with Gasteiger partial charge in [-0.25, -0.2) is 4.79 Å². The van der Waals surface area contributed by atoms with Crippen LogP contribution in [0, 0.1) is 0 Å². The third kappa shape index (κ3) is 3.71. The highest BCUT2D eigenvalue weighted by Gasteiger charge is 2.18. The zero-order chi connectivity index (χ0) is 14.5. The maximum Gasteiger partial charge on any atom is 0.337 e. The zero-order valence-electron chi connectivity index (χ0n) is 11.1. The fourth-order valence-electron chi connectivity index (χ4n) is 2.23. The Bertz CT molecular complexity index is 510. The van der Waals surface area contributed by atoms with E-state index in [9.17, 15) is 9.59 Å². The Kier molecular flexibility index (Phi) is 4.57. The van der Waals surface area contributed by atoms with Crippen LogP contribution in [0.1, 0.15) is 36.0 Å². The largest absolute Gasteiger partial charge is 0.478 e. The lowest BCUT2D eigenvalue weighted by atomic mass is 10.1. The van der Waals surface area contributed by atoms with E-state index in [0.29, 0.717) is 18.5 Å². The van der Waals surface area contributed by atoms with Gasteiger partial charge in [0.1, 0.15) is 0 Å². The van der Waals surface area contributed by atoms with E-state index in [-0.39, 0.29) is 23.3 Å². The molecule has 1 saturated heterocycles. The number of aromatic carboxylic acids is 1. The number of carboxylic acids is 1. The third-order valence-corrected chi connectivity index (χ3v) is 3.27. The Morgan fingerprint density at radius 1 is 1.45 bits per heavy atom. The monoisotopic (exact) mass is 278 g/mol. The first-order valence-corrected chi connectivity index (χ1v) is 6.60. The van der Waals surface area contributed by atoms with E-state index in [1.807, 2.05) is 0 Å². The molecule has 1 aliphatic heterocycles. The average Bonchev–Trinajstić information content (AvgIpc) is 2.89. The van der Waals surface area contributed by atoms with Gasteiger partial charge in [0, 0.05) is 18.7 Å². The van der Waals surface area contributed by atoms with Crippen molar-refractivity contribution in [3.63, 3.8) is 0 Å². The Hall–Kier alpha value is -2.08. The minimum absolute atomic E-state index is 0.0321. The van der Waals surface area contributed by atoms with Gasteiger partial charge in [-0.1, -0.05) is 0 Å². The van der Waals surface area contributed by atoms with Crippen LogP contribution < -0.4 is 11.1 Å². The minimum atomic E-state index is -1.10. The van der Waals surface area contributed by atoms with Crippen LogP contribution in [0.4, 0.5) is 11.4 Å². The summed E-state index contributed by atoms with van der Waals surface area (Å²) in [7, 11) is 0. The van der Waals surface area contributed by atoms with E-state index >= 15 is 0 Å². The van der Waals surface area contributed by atoms with Crippen LogP contribution in [0.15, 0.2) is 18.2 Å². The summed E-state index contributed by atoms with van der Waals surface area (Å²) < 4.78 is 5.44. The SMILES string of the molecule is Nc1ccc(C(=O)O)c(NC(=O)CCC2CCCO2)c1. The third-order valence-electron chi connectivity index (χ3n) is 3.27. The number of ether oxygens (including phenoxy) is 1. The Morgan fingerprint density at radius 3 is 2.90 bits per heavy atom. The highest BCUT2D eigenvalue weighted by Crippen LogP contribution is 2.21. The maximum atomic E-state index is 11.9. The second kappa shape index (κ2) is 6.38. The lowest BCUT2D eigenvalue weighted by Gasteiger charge is -2.11. The number of hydrogen-bond acceptors (Lipinski definition) is 4. The summed E-state index contributed by atoms with van der Waals surface area (Å²) in [5, 5.41) is 11.7. The Balaban J connectivity index is 1.96. The van der Waals surface area contributed by atoms with Crippen molar-refractivity contribution in [1.29, 1.82) is 0 Å². The van der Waals surface area contributed by atoms with Gasteiger partial charge in [0.15, 0.2) is 0 Å². The molecule has 6 nitrogen and oxygen atoms in total. The van der Waals surface area contributed by atoms with E-state index in [2.05, 4.69) is 5.32 Å². The van der Waals surface area contributed by atoms with Gasteiger partial charge in [0.05, 0.1) is 17.4 Å². The van der Waals surface area contributed by atoms with Gasteiger partial charge in [-0.15, -0.1) is 0 Å². The molecule has 1 aromatic rings. The molecule has 4 N–H and O–H groups in total. The number of nitrogen functional groups attached to an aromatic ring is 1. The molecule has 1 aromatic carbocycles. The van der Waals surface area contributed by atoms with Crippen LogP contribution in [0.2, 0.25) is 0 Å². The fraction of sp³-hybridized carbons (Fsp3) is 0.429. The zero-order valence-corrected chi connectivity index (χ0v) is 11.1. The lowest BCUT2D eigenvalue weighted by molar-refractivity contribution is -0.116. The van der Waals surface area contributed by atoms with E-state index in [1.54, 1.807) is 0 Å². The number of carbonyl (C=O) groups is 2. The molecule has 0 bridgehead atoms. The van der Waals surface area contributed by atoms with Gasteiger partial charge >= 0.3 is 5.97 Å². The molecule has 0 aromatic heterocycles. The number of benzene rings is 1. The van der Waals surface area contributed by atoms with Gasteiger partial charge in [-0.2, -0.15) is 0 Å². The molecule has 0 spiro atoms. The predicted octanol–water partition coefficient (Wildman–Crippen LogP) is 1.86. The average molecular weight is 278 g/mol. The number of nitrogens with two attached hydrogens (primary N) is 1. The molecular formula is C14H18N2O4. The first-order valence-electron chi connectivity index (χ1n) is 6.60. The number of carboxylic acid groups (broad SMARTS) is 1. The van der Waals surface area contributed by atoms with Crippen LogP contribution >= 0.6 is 0 Å². The molecule has 0 aliphatic carbocycles. The number of nitrogens with one attached hydrogen (secondary N) is 1. The van der Waals surface area contributed by atoms with Crippen LogP contribution in [0.3, 0.4) is 0 Å². The second-order valence-corrected chi connectivity index (χ2v) is 4.83. The van der Waals surface area contributed by atoms with Crippen LogP contribution in [0.25, 0.3) is 0 Å². The van der Waals surface area contributed by atoms with Crippen molar-refractivity contribution in [1.82, 2.24) is 0 Å². The summed E-state index contributed by atoms with van der Waals surface area (Å²) in [6, 6.07) is 4.33. The topological polar surface area (TPSA) is 102 Å². The molecule has 1 atom stereocenters. The molecule has 1 heterocycles. The van der Waals surface area contributed by atoms with E-state index in [0.717, 1.165) is 19.4 Å². The molecule has 1 fully saturated rings. The van der Waals surface area contributed by atoms with Gasteiger partial charge in [-0.3, -0.25) is 4.79 Å². The normalized spacial score (nSPS) is 17.9. The molecule has 6 heteroatoms. The number of rotatable bonds is 5. The molecule has 2 rings (SSSR count). The van der Waals surface area contributed by atoms with E-state index < -0.39 is 5.97 Å². The van der Waals surface area contributed by atoms with Gasteiger partial charge < -0.3 is 20.9 Å². The minimum Gasteiger partial charge on any atom is -0.478 e. The summed E-state index contributed by atoms with van der Waals surface area (Å²) in [6.07, 6.45) is 3.10. The Labute approximate surface area is 116 Å². The molecule has 20 heavy (non-hydrogen) atoms. The van der Waals surface area contributed by atoms with Gasteiger partial charge in [0.2, 0.25) is 5.91 Å². The van der Waals surface area contributed by atoms with Crippen molar-refractivity contribution >= 4 is 23.3 Å². The molecule has 1 unspecified atom stereocenters. The van der Waals surface area contributed by atoms with Gasteiger partial charge in [-0.05, 0) is 37.5 Å². The molecule has 1 aliphatic rings. The quantitative estimate of drug-likeness (QED) is 0.714. The summed E-state index contributed by atoms with van der Waals surface area (Å²) in [6.45, 7) is 0.755. The summed E-state index contributed by atoms with van der Waals surface area (Å²) in [4.78, 5) is 22.9. The molecule has 1 amide bonds. The van der Waals surface area contributed by atoms with Crippen molar-refractivity contribution in [2.24, 2.45) is 0 Å². The number of hydrogen-bond donors (Lipinski definition) is 3. The van der Waals surface area contributed by atoms with E-state index in [4.69, 9.17) is 15.6 Å². The number of carbonyl (C=O) groups excluding carboxylic acids is 1. The van der Waals surface area contributed by atoms with Crippen molar-refractivity contribution in [3.8, 4) is 0 Å². The van der Waals surface area contributed by atoms with Crippen LogP contribution in [0.5, 0.6) is 0 Å². The summed E-state index contributed by atoms with van der Waals surface area (Å²) >= 11 is 0. The van der Waals surface area contributed by atoms with Crippen LogP contribution in [-0.2, 0) is 9.53 Å². The van der Waals surface area contributed by atoms with Crippen molar-refractivity contribution in [2.45, 2.75) is 31.8 Å². The first kappa shape index (κ1) is 14.3. The summed E-state index contributed by atoms with van der Waals surface area (Å²) in [5.74, 6) is -1.33. The number of amides is 1. The van der Waals surface area contributed by atoms with Crippen molar-refractivity contribution in [2.75, 3.05) is 17.7 Å². The maximum absolute atomic E-state index is 11.9. The van der Waals surface area contributed by atoms with Crippen molar-refractivity contribution < 1.29 is 19.4 Å². The second-order valence-electron chi connectivity index (χ2n) is 4.83. The highest BCUT2D eigenvalue weighted by molar-refractivity contribution is 6.01. The molecule has 0 saturated carbocycles. The van der Waals surface area contributed by atoms with Crippen molar-refractivity contribution in [3.05, 3.63) is 23.8 Å². The fourth-order valence-corrected chi connectivity index (χ4v) is 2.23. The molecule has 0 radical (unpaired) electrons. The van der Waals surface area contributed by atoms with Crippen LogP contribution in [-0.4, -0.2) is 29.7 Å². The summed E-state index contributed by atoms with van der Waals surface area (Å²) in [5.41, 5.74) is 6.28. The molecular weight excluding hydrogens is 260 g/mol. The lowest BCUT2D eigenvalue weighted by Crippen LogP contribution is -2.17. The van der Waals surface area contributed by atoms with Gasteiger partial charge in [0.25, 0.3) is 0 Å². The first-order chi connectivity index (χ1) is 9.56. The Morgan fingerprint density at radius 2 is 2.25 bits per heavy atom. The predicted molar refractivity (Wildman–Crippen MR) is 74.7 cm³/mol. The standard InChI is InChI=1S/C14H18N2O4/c15-9-3-5-11(14(18)19)12(8-9)16-13(17)6-4-10-2-1-7-20-10/h3,5,8,10H,1-2,4,6-7,15H2,(H,16,17)(H,18,19). The smallest absolute Gasteiger partial charge is 0.337 e. The number of anilines is 2. The molecule has 108 valence electrons. The van der Waals surface area contributed by atoms with E-state index in [1.165, 1.54) is 18.2 Å².